The van der Waals surface area contributed by atoms with Crippen molar-refractivity contribution in [3.05, 3.63) is 0 Å². The van der Waals surface area contributed by atoms with E-state index < -0.39 is 5.92 Å². The maximum absolute atomic E-state index is 13.0. The summed E-state index contributed by atoms with van der Waals surface area (Å²) in [5, 5.41) is 3.22. The number of carbonyl (C=O) groups is 1. The zero-order valence-corrected chi connectivity index (χ0v) is 11.2. The Morgan fingerprint density at radius 3 is 2.17 bits per heavy atom. The minimum atomic E-state index is -2.56. The summed E-state index contributed by atoms with van der Waals surface area (Å²) in [6.45, 7) is 0. The van der Waals surface area contributed by atoms with Gasteiger partial charge in [-0.3, -0.25) is 4.79 Å². The third-order valence-electron chi connectivity index (χ3n) is 4.09. The Labute approximate surface area is 111 Å². The second kappa shape index (κ2) is 5.72. The normalized spacial score (nSPS) is 33.1. The van der Waals surface area contributed by atoms with Gasteiger partial charge in [0.15, 0.2) is 0 Å². The molecule has 2 rings (SSSR count). The Morgan fingerprint density at radius 2 is 1.61 bits per heavy atom. The Hall–Kier alpha value is -0.380. The summed E-state index contributed by atoms with van der Waals surface area (Å²) in [6.07, 6.45) is 3.97. The van der Waals surface area contributed by atoms with Crippen LogP contribution in [0.4, 0.5) is 8.78 Å². The van der Waals surface area contributed by atoms with Crippen LogP contribution in [-0.2, 0) is 4.79 Å². The Morgan fingerprint density at radius 1 is 1.06 bits per heavy atom. The molecule has 0 aromatic carbocycles. The molecule has 2 aliphatic rings. The van der Waals surface area contributed by atoms with E-state index in [0.717, 1.165) is 25.7 Å². The van der Waals surface area contributed by atoms with Gasteiger partial charge in [-0.1, -0.05) is 0 Å². The molecule has 0 spiro atoms. The summed E-state index contributed by atoms with van der Waals surface area (Å²) in [5.74, 6) is -2.82. The topological polar surface area (TPSA) is 29.1 Å². The van der Waals surface area contributed by atoms with Gasteiger partial charge in [-0.15, -0.1) is 11.6 Å². The predicted molar refractivity (Wildman–Crippen MR) is 66.9 cm³/mol. The van der Waals surface area contributed by atoms with Crippen LogP contribution in [0.25, 0.3) is 0 Å². The van der Waals surface area contributed by atoms with Crippen LogP contribution in [0.2, 0.25) is 0 Å². The van der Waals surface area contributed by atoms with Crippen molar-refractivity contribution in [1.82, 2.24) is 5.32 Å². The molecule has 1 N–H and O–H groups in total. The van der Waals surface area contributed by atoms with Crippen molar-refractivity contribution >= 4 is 17.5 Å². The van der Waals surface area contributed by atoms with Crippen LogP contribution < -0.4 is 5.32 Å². The average Bonchev–Trinajstić information content (AvgIpc) is 2.32. The molecule has 0 aliphatic heterocycles. The molecule has 0 aromatic heterocycles. The summed E-state index contributed by atoms with van der Waals surface area (Å²) < 4.78 is 26.0. The van der Waals surface area contributed by atoms with E-state index in [4.69, 9.17) is 11.6 Å². The summed E-state index contributed by atoms with van der Waals surface area (Å²) >= 11 is 6.00. The van der Waals surface area contributed by atoms with Gasteiger partial charge in [-0.05, 0) is 38.5 Å². The van der Waals surface area contributed by atoms with Crippen LogP contribution in [0.3, 0.4) is 0 Å². The molecule has 0 radical (unpaired) electrons. The van der Waals surface area contributed by atoms with Crippen molar-refractivity contribution in [3.63, 3.8) is 0 Å². The maximum Gasteiger partial charge on any atom is 0.248 e. The van der Waals surface area contributed by atoms with Gasteiger partial charge in [0.2, 0.25) is 11.8 Å². The molecular weight excluding hydrogens is 260 g/mol. The number of rotatable bonds is 2. The SMILES string of the molecule is O=C(NC1CCC(Cl)CC1)C1CCC(F)(F)CC1. The molecular formula is C13H20ClF2NO. The van der Waals surface area contributed by atoms with E-state index in [1.54, 1.807) is 0 Å². The van der Waals surface area contributed by atoms with E-state index >= 15 is 0 Å². The highest BCUT2D eigenvalue weighted by Gasteiger charge is 2.37. The number of carbonyl (C=O) groups excluding carboxylic acids is 1. The highest BCUT2D eigenvalue weighted by molar-refractivity contribution is 6.20. The van der Waals surface area contributed by atoms with Crippen molar-refractivity contribution in [2.24, 2.45) is 5.92 Å². The van der Waals surface area contributed by atoms with E-state index in [1.165, 1.54) is 0 Å². The van der Waals surface area contributed by atoms with Crippen molar-refractivity contribution in [1.29, 1.82) is 0 Å². The van der Waals surface area contributed by atoms with E-state index in [9.17, 15) is 13.6 Å². The van der Waals surface area contributed by atoms with Gasteiger partial charge in [0, 0.05) is 30.2 Å². The van der Waals surface area contributed by atoms with Crippen molar-refractivity contribution < 1.29 is 13.6 Å². The first-order valence-corrected chi connectivity index (χ1v) is 7.22. The Kier molecular flexibility index (Phi) is 4.46. The number of alkyl halides is 3. The fraction of sp³-hybridized carbons (Fsp3) is 0.923. The van der Waals surface area contributed by atoms with Gasteiger partial charge in [-0.25, -0.2) is 8.78 Å². The largest absolute Gasteiger partial charge is 0.353 e. The molecule has 0 aromatic rings. The zero-order chi connectivity index (χ0) is 13.2. The van der Waals surface area contributed by atoms with Crippen LogP contribution in [0.1, 0.15) is 51.4 Å². The second-order valence-corrected chi connectivity index (χ2v) is 6.20. The molecule has 1 amide bonds. The Balaban J connectivity index is 1.75. The quantitative estimate of drug-likeness (QED) is 0.771. The van der Waals surface area contributed by atoms with Crippen LogP contribution in [0, 0.1) is 5.92 Å². The molecule has 2 saturated carbocycles. The lowest BCUT2D eigenvalue weighted by atomic mass is 9.85. The second-order valence-electron chi connectivity index (χ2n) is 5.59. The molecule has 0 atom stereocenters. The lowest BCUT2D eigenvalue weighted by Gasteiger charge is -2.31. The number of amides is 1. The van der Waals surface area contributed by atoms with E-state index in [0.29, 0.717) is 12.8 Å². The third-order valence-corrected chi connectivity index (χ3v) is 4.53. The number of hydrogen-bond donors (Lipinski definition) is 1. The molecule has 5 heteroatoms. The van der Waals surface area contributed by atoms with Crippen LogP contribution >= 0.6 is 11.6 Å². The van der Waals surface area contributed by atoms with E-state index in [1.807, 2.05) is 0 Å². The summed E-state index contributed by atoms with van der Waals surface area (Å²) in [5.41, 5.74) is 0. The first-order valence-electron chi connectivity index (χ1n) is 6.78. The molecule has 2 aliphatic carbocycles. The number of hydrogen-bond acceptors (Lipinski definition) is 1. The van der Waals surface area contributed by atoms with Gasteiger partial charge in [-0.2, -0.15) is 0 Å². The molecule has 18 heavy (non-hydrogen) atoms. The molecule has 0 saturated heterocycles. The average molecular weight is 280 g/mol. The highest BCUT2D eigenvalue weighted by Crippen LogP contribution is 2.36. The lowest BCUT2D eigenvalue weighted by Crippen LogP contribution is -2.42. The van der Waals surface area contributed by atoms with Gasteiger partial charge >= 0.3 is 0 Å². The van der Waals surface area contributed by atoms with Crippen molar-refractivity contribution in [2.45, 2.75) is 68.7 Å². The molecule has 0 heterocycles. The summed E-state index contributed by atoms with van der Waals surface area (Å²) in [7, 11) is 0. The van der Waals surface area contributed by atoms with Gasteiger partial charge in [0.05, 0.1) is 0 Å². The lowest BCUT2D eigenvalue weighted by molar-refractivity contribution is -0.130. The molecule has 104 valence electrons. The third kappa shape index (κ3) is 3.81. The van der Waals surface area contributed by atoms with Crippen LogP contribution in [0.5, 0.6) is 0 Å². The minimum absolute atomic E-state index is 0.0384. The molecule has 0 bridgehead atoms. The van der Waals surface area contributed by atoms with Gasteiger partial charge in [0.25, 0.3) is 0 Å². The van der Waals surface area contributed by atoms with E-state index in [2.05, 4.69) is 5.32 Å². The summed E-state index contributed by atoms with van der Waals surface area (Å²) in [4.78, 5) is 12.0. The van der Waals surface area contributed by atoms with Gasteiger partial charge < -0.3 is 5.32 Å². The Bertz CT molecular complexity index is 293. The predicted octanol–water partition coefficient (Wildman–Crippen LogP) is 3.48. The van der Waals surface area contributed by atoms with Crippen molar-refractivity contribution in [3.8, 4) is 0 Å². The number of halogens is 3. The first-order chi connectivity index (χ1) is 8.46. The highest BCUT2D eigenvalue weighted by atomic mass is 35.5. The first kappa shape index (κ1) is 14.0. The molecule has 2 nitrogen and oxygen atoms in total. The smallest absolute Gasteiger partial charge is 0.248 e. The standard InChI is InChI=1S/C13H20ClF2NO/c14-10-1-3-11(4-2-10)17-12(18)9-5-7-13(15,16)8-6-9/h9-11H,1-8H2,(H,17,18). The molecule has 0 unspecified atom stereocenters. The van der Waals surface area contributed by atoms with Crippen molar-refractivity contribution in [2.75, 3.05) is 0 Å². The fourth-order valence-corrected chi connectivity index (χ4v) is 3.07. The van der Waals surface area contributed by atoms with Crippen LogP contribution in [-0.4, -0.2) is 23.2 Å². The maximum atomic E-state index is 13.0. The fourth-order valence-electron chi connectivity index (χ4n) is 2.82. The molecule has 2 fully saturated rings. The van der Waals surface area contributed by atoms with E-state index in [-0.39, 0.29) is 36.1 Å². The number of nitrogens with one attached hydrogen (secondary N) is 1. The summed E-state index contributed by atoms with van der Waals surface area (Å²) in [6, 6.07) is 0.190. The minimum Gasteiger partial charge on any atom is -0.353 e. The van der Waals surface area contributed by atoms with Crippen LogP contribution in [0.15, 0.2) is 0 Å². The van der Waals surface area contributed by atoms with Gasteiger partial charge in [0.1, 0.15) is 0 Å². The zero-order valence-electron chi connectivity index (χ0n) is 10.4. The monoisotopic (exact) mass is 279 g/mol.